The second kappa shape index (κ2) is 11.1. The van der Waals surface area contributed by atoms with E-state index in [1.165, 1.54) is 5.56 Å². The van der Waals surface area contributed by atoms with Gasteiger partial charge in [0.1, 0.15) is 12.4 Å². The molecule has 4 rings (SSSR count). The molecule has 3 aromatic rings. The lowest BCUT2D eigenvalue weighted by molar-refractivity contribution is -0.137. The summed E-state index contributed by atoms with van der Waals surface area (Å²) >= 11 is 0. The first-order chi connectivity index (χ1) is 17.6. The van der Waals surface area contributed by atoms with Crippen LogP contribution in [-0.4, -0.2) is 54.4 Å². The summed E-state index contributed by atoms with van der Waals surface area (Å²) in [5, 5.41) is 12.5. The first-order valence-corrected chi connectivity index (χ1v) is 13.4. The number of amides is 1. The third-order valence-corrected chi connectivity index (χ3v) is 7.43. The molecule has 1 unspecified atom stereocenters. The van der Waals surface area contributed by atoms with Gasteiger partial charge in [0.15, 0.2) is 0 Å². The molecule has 2 aromatic heterocycles. The maximum absolute atomic E-state index is 13.9. The highest BCUT2D eigenvalue weighted by Crippen LogP contribution is 2.30. The fourth-order valence-electron chi connectivity index (χ4n) is 5.23. The first-order valence-electron chi connectivity index (χ1n) is 13.4. The van der Waals surface area contributed by atoms with Gasteiger partial charge in [-0.3, -0.25) is 4.79 Å². The van der Waals surface area contributed by atoms with Crippen LogP contribution < -0.4 is 5.32 Å². The Morgan fingerprint density at radius 1 is 1.03 bits per heavy atom. The molecule has 0 saturated carbocycles. The zero-order valence-corrected chi connectivity index (χ0v) is 23.2. The third kappa shape index (κ3) is 6.06. The van der Waals surface area contributed by atoms with Crippen LogP contribution in [0.25, 0.3) is 11.1 Å². The molecule has 3 heterocycles. The van der Waals surface area contributed by atoms with Gasteiger partial charge in [0, 0.05) is 54.2 Å². The summed E-state index contributed by atoms with van der Waals surface area (Å²) in [5.74, 6) is 0.248. The van der Waals surface area contributed by atoms with Crippen molar-refractivity contribution >= 4 is 5.91 Å². The lowest BCUT2D eigenvalue weighted by atomic mass is 9.93. The quantitative estimate of drug-likeness (QED) is 0.467. The Morgan fingerprint density at radius 2 is 1.70 bits per heavy atom. The minimum absolute atomic E-state index is 0.110. The topological polar surface area (TPSA) is 88.8 Å². The number of nitrogens with zero attached hydrogens (tertiary/aromatic N) is 6. The van der Waals surface area contributed by atoms with Crippen molar-refractivity contribution in [3.8, 4) is 11.1 Å². The van der Waals surface area contributed by atoms with Gasteiger partial charge in [0.25, 0.3) is 0 Å². The van der Waals surface area contributed by atoms with Gasteiger partial charge in [-0.25, -0.2) is 14.6 Å². The highest BCUT2D eigenvalue weighted by atomic mass is 16.2. The van der Waals surface area contributed by atoms with Crippen LogP contribution in [0, 0.1) is 5.92 Å². The monoisotopic (exact) mass is 503 g/mol. The molecular weight excluding hydrogens is 462 g/mol. The minimum Gasteiger partial charge on any atom is -0.336 e. The molecule has 4 atom stereocenters. The maximum Gasteiger partial charge on any atom is 0.248 e. The highest BCUT2D eigenvalue weighted by Gasteiger charge is 2.38. The van der Waals surface area contributed by atoms with E-state index in [-0.39, 0.29) is 41.4 Å². The van der Waals surface area contributed by atoms with E-state index in [1.54, 1.807) is 11.0 Å². The average Bonchev–Trinajstić information content (AvgIpc) is 3.55. The van der Waals surface area contributed by atoms with Crippen molar-refractivity contribution in [2.24, 2.45) is 5.92 Å². The van der Waals surface area contributed by atoms with E-state index >= 15 is 0 Å². The Morgan fingerprint density at radius 3 is 2.30 bits per heavy atom. The molecule has 8 heteroatoms. The van der Waals surface area contributed by atoms with Gasteiger partial charge in [-0.15, -0.1) is 5.10 Å². The van der Waals surface area contributed by atoms with Crippen molar-refractivity contribution < 1.29 is 4.79 Å². The van der Waals surface area contributed by atoms with E-state index in [0.717, 1.165) is 36.2 Å². The maximum atomic E-state index is 13.9. The molecule has 1 N–H and O–H groups in total. The molecule has 1 saturated heterocycles. The molecule has 1 aliphatic rings. The van der Waals surface area contributed by atoms with E-state index in [2.05, 4.69) is 103 Å². The Hall–Kier alpha value is -3.13. The fourth-order valence-corrected chi connectivity index (χ4v) is 5.23. The molecule has 0 aliphatic carbocycles. The van der Waals surface area contributed by atoms with Gasteiger partial charge >= 0.3 is 0 Å². The number of nitrogens with one attached hydrogen (secondary N) is 1. The van der Waals surface area contributed by atoms with Gasteiger partial charge in [0.05, 0.1) is 5.69 Å². The van der Waals surface area contributed by atoms with E-state index in [9.17, 15) is 4.79 Å². The standard InChI is InChI=1S/C29H41N7O/c1-19(2)27(36-17-26(33-34-36)29(5,6)7)28(37)35-14-8-9-25(35)21(4)32-20(3)22-10-12-23(13-11-22)24-15-30-18-31-16-24/h10-13,15-21,25,27,32H,8-9,14H2,1-7H3/t20-,21?,25-,27-/m0/s1. The van der Waals surface area contributed by atoms with Crippen LogP contribution in [0.4, 0.5) is 0 Å². The smallest absolute Gasteiger partial charge is 0.248 e. The van der Waals surface area contributed by atoms with E-state index in [4.69, 9.17) is 0 Å². The zero-order chi connectivity index (χ0) is 26.7. The lowest BCUT2D eigenvalue weighted by Gasteiger charge is -2.35. The van der Waals surface area contributed by atoms with Crippen LogP contribution in [-0.2, 0) is 10.2 Å². The van der Waals surface area contributed by atoms with Crippen molar-refractivity contribution in [2.75, 3.05) is 6.54 Å². The van der Waals surface area contributed by atoms with E-state index < -0.39 is 0 Å². The summed E-state index contributed by atoms with van der Waals surface area (Å²) in [7, 11) is 0. The van der Waals surface area contributed by atoms with Crippen molar-refractivity contribution in [3.63, 3.8) is 0 Å². The number of rotatable bonds is 8. The van der Waals surface area contributed by atoms with Crippen molar-refractivity contribution in [3.05, 3.63) is 60.4 Å². The Kier molecular flexibility index (Phi) is 8.07. The number of carbonyl (C=O) groups excluding carboxylic acids is 1. The van der Waals surface area contributed by atoms with Gasteiger partial charge in [-0.2, -0.15) is 0 Å². The van der Waals surface area contributed by atoms with Crippen molar-refractivity contribution in [1.82, 2.24) is 35.2 Å². The van der Waals surface area contributed by atoms with Gasteiger partial charge in [-0.1, -0.05) is 64.1 Å². The van der Waals surface area contributed by atoms with Crippen molar-refractivity contribution in [1.29, 1.82) is 0 Å². The van der Waals surface area contributed by atoms with Gasteiger partial charge < -0.3 is 10.2 Å². The second-order valence-corrected chi connectivity index (χ2v) is 11.7. The van der Waals surface area contributed by atoms with Crippen molar-refractivity contribution in [2.45, 2.75) is 90.9 Å². The Labute approximate surface area is 220 Å². The Balaban J connectivity index is 1.45. The second-order valence-electron chi connectivity index (χ2n) is 11.7. The summed E-state index contributed by atoms with van der Waals surface area (Å²) in [6.07, 6.45) is 9.15. The molecule has 0 radical (unpaired) electrons. The van der Waals surface area contributed by atoms with Gasteiger partial charge in [-0.05, 0) is 43.7 Å². The number of benzene rings is 1. The lowest BCUT2D eigenvalue weighted by Crippen LogP contribution is -2.50. The molecule has 8 nitrogen and oxygen atoms in total. The molecular formula is C29H41N7O. The Bertz CT molecular complexity index is 1170. The average molecular weight is 504 g/mol. The fraction of sp³-hybridized carbons (Fsp3) is 0.552. The predicted octanol–water partition coefficient (Wildman–Crippen LogP) is 4.96. The van der Waals surface area contributed by atoms with E-state index in [1.807, 2.05) is 18.6 Å². The van der Waals surface area contributed by atoms with Crippen LogP contribution in [0.2, 0.25) is 0 Å². The molecule has 1 fully saturated rings. The summed E-state index contributed by atoms with van der Waals surface area (Å²) in [6, 6.07) is 8.61. The summed E-state index contributed by atoms with van der Waals surface area (Å²) < 4.78 is 1.78. The zero-order valence-electron chi connectivity index (χ0n) is 23.2. The number of hydrogen-bond donors (Lipinski definition) is 1. The third-order valence-electron chi connectivity index (χ3n) is 7.43. The van der Waals surface area contributed by atoms with Crippen LogP contribution >= 0.6 is 0 Å². The van der Waals surface area contributed by atoms with E-state index in [0.29, 0.717) is 0 Å². The molecule has 198 valence electrons. The SMILES string of the molecule is CC(C)[C@@H](C(=O)N1CCC[C@H]1C(C)N[C@@H](C)c1ccc(-c2cncnc2)cc1)n1cc(C(C)(C)C)nn1. The van der Waals surface area contributed by atoms with Gasteiger partial charge in [0.2, 0.25) is 5.91 Å². The molecule has 1 aromatic carbocycles. The summed E-state index contributed by atoms with van der Waals surface area (Å²) in [5.41, 5.74) is 4.10. The molecule has 0 bridgehead atoms. The largest absolute Gasteiger partial charge is 0.336 e. The number of aromatic nitrogens is 5. The number of likely N-dealkylation sites (tertiary alicyclic amines) is 1. The number of hydrogen-bond acceptors (Lipinski definition) is 6. The molecule has 1 aliphatic heterocycles. The minimum atomic E-state index is -0.358. The first kappa shape index (κ1) is 26.9. The van der Waals surface area contributed by atoms with Crippen LogP contribution in [0.5, 0.6) is 0 Å². The summed E-state index contributed by atoms with van der Waals surface area (Å²) in [4.78, 5) is 24.2. The normalized spacial score (nSPS) is 18.7. The molecule has 37 heavy (non-hydrogen) atoms. The number of carbonyl (C=O) groups is 1. The van der Waals surface area contributed by atoms with Crippen LogP contribution in [0.1, 0.15) is 84.6 Å². The van der Waals surface area contributed by atoms with Crippen LogP contribution in [0.3, 0.4) is 0 Å². The molecule has 0 spiro atoms. The molecule has 1 amide bonds. The highest BCUT2D eigenvalue weighted by molar-refractivity contribution is 5.81. The predicted molar refractivity (Wildman–Crippen MR) is 146 cm³/mol. The summed E-state index contributed by atoms with van der Waals surface area (Å²) in [6.45, 7) is 15.7. The van der Waals surface area contributed by atoms with Crippen LogP contribution in [0.15, 0.2) is 49.2 Å².